The molecule has 2 N–H and O–H groups in total. The highest BCUT2D eigenvalue weighted by atomic mass is 16.4. The monoisotopic (exact) mass is 387 g/mol. The Hall–Kier alpha value is -2.38. The Balaban J connectivity index is 1.64. The Labute approximate surface area is 167 Å². The molecule has 28 heavy (non-hydrogen) atoms. The van der Waals surface area contributed by atoms with Gasteiger partial charge in [0.05, 0.1) is 12.7 Å². The van der Waals surface area contributed by atoms with Crippen molar-refractivity contribution >= 4 is 5.96 Å². The van der Waals surface area contributed by atoms with E-state index in [9.17, 15) is 0 Å². The van der Waals surface area contributed by atoms with Crippen molar-refractivity contribution in [2.45, 2.75) is 84.8 Å². The molecule has 1 atom stereocenters. The first-order chi connectivity index (χ1) is 13.3. The van der Waals surface area contributed by atoms with Crippen molar-refractivity contribution < 1.29 is 4.42 Å². The molecule has 0 radical (unpaired) electrons. The molecule has 1 aliphatic rings. The normalized spacial score (nSPS) is 17.7. The van der Waals surface area contributed by atoms with E-state index in [-0.39, 0.29) is 11.5 Å². The summed E-state index contributed by atoms with van der Waals surface area (Å²) in [6.45, 7) is 14.6. The predicted octanol–water partition coefficient (Wildman–Crippen LogP) is 2.76. The van der Waals surface area contributed by atoms with Gasteiger partial charge in [0.25, 0.3) is 0 Å². The number of fused-ring (bicyclic) bond motifs is 1. The largest absolute Gasteiger partial charge is 0.443 e. The predicted molar refractivity (Wildman–Crippen MR) is 109 cm³/mol. The van der Waals surface area contributed by atoms with Crippen molar-refractivity contribution in [3.05, 3.63) is 29.5 Å². The zero-order valence-corrected chi connectivity index (χ0v) is 17.9. The summed E-state index contributed by atoms with van der Waals surface area (Å²) in [6.07, 6.45) is 3.73. The van der Waals surface area contributed by atoms with E-state index < -0.39 is 0 Å². The van der Waals surface area contributed by atoms with Crippen LogP contribution in [0.5, 0.6) is 0 Å². The highest BCUT2D eigenvalue weighted by molar-refractivity contribution is 5.80. The maximum atomic E-state index is 5.84. The molecular weight excluding hydrogens is 354 g/mol. The van der Waals surface area contributed by atoms with Crippen molar-refractivity contribution in [2.75, 3.05) is 6.54 Å². The molecule has 3 rings (SSSR count). The first-order valence-corrected chi connectivity index (χ1v) is 10.2. The van der Waals surface area contributed by atoms with E-state index in [0.717, 1.165) is 49.3 Å². The van der Waals surface area contributed by atoms with Crippen molar-refractivity contribution in [1.82, 2.24) is 30.4 Å². The fourth-order valence-corrected chi connectivity index (χ4v) is 3.08. The van der Waals surface area contributed by atoms with E-state index in [0.29, 0.717) is 18.4 Å². The van der Waals surface area contributed by atoms with E-state index >= 15 is 0 Å². The second kappa shape index (κ2) is 8.32. The van der Waals surface area contributed by atoms with Crippen LogP contribution in [0.1, 0.15) is 77.2 Å². The number of rotatable bonds is 5. The number of guanidine groups is 1. The molecule has 0 bridgehead atoms. The first-order valence-electron chi connectivity index (χ1n) is 10.2. The molecule has 0 aromatic carbocycles. The fraction of sp³-hybridized carbons (Fsp3) is 0.700. The van der Waals surface area contributed by atoms with Crippen LogP contribution in [0.4, 0.5) is 0 Å². The average molecular weight is 388 g/mol. The number of hydrogen-bond acceptors (Lipinski definition) is 5. The Morgan fingerprint density at radius 3 is 2.82 bits per heavy atom. The van der Waals surface area contributed by atoms with Crippen molar-refractivity contribution in [3.63, 3.8) is 0 Å². The highest BCUT2D eigenvalue weighted by Gasteiger charge is 2.23. The van der Waals surface area contributed by atoms with Gasteiger partial charge in [0.1, 0.15) is 18.1 Å². The van der Waals surface area contributed by atoms with Crippen molar-refractivity contribution in [1.29, 1.82) is 0 Å². The smallest absolute Gasteiger partial charge is 0.216 e. The Kier molecular flexibility index (Phi) is 6.05. The molecule has 0 fully saturated rings. The standard InChI is InChI=1S/C20H33N7O/c1-7-21-19(23-11-17-22-10-15(28-17)20(4,5)6)24-14-8-9-16-25-18(13(2)3)26-27(16)12-14/h10,13-14H,7-9,11-12H2,1-6H3,(H2,21,23,24). The summed E-state index contributed by atoms with van der Waals surface area (Å²) >= 11 is 0. The van der Waals surface area contributed by atoms with Crippen molar-refractivity contribution in [3.8, 4) is 0 Å². The summed E-state index contributed by atoms with van der Waals surface area (Å²) < 4.78 is 7.87. The summed E-state index contributed by atoms with van der Waals surface area (Å²) in [4.78, 5) is 13.7. The maximum absolute atomic E-state index is 5.84. The highest BCUT2D eigenvalue weighted by Crippen LogP contribution is 2.23. The lowest BCUT2D eigenvalue weighted by Gasteiger charge is -2.25. The third kappa shape index (κ3) is 4.91. The second-order valence-electron chi connectivity index (χ2n) is 8.67. The molecule has 0 aliphatic carbocycles. The lowest BCUT2D eigenvalue weighted by Crippen LogP contribution is -2.47. The van der Waals surface area contributed by atoms with Gasteiger partial charge >= 0.3 is 0 Å². The minimum Gasteiger partial charge on any atom is -0.443 e. The van der Waals surface area contributed by atoms with Crippen LogP contribution in [0.25, 0.3) is 0 Å². The summed E-state index contributed by atoms with van der Waals surface area (Å²) in [7, 11) is 0. The van der Waals surface area contributed by atoms with Gasteiger partial charge in [-0.1, -0.05) is 34.6 Å². The van der Waals surface area contributed by atoms with Gasteiger partial charge in [-0.05, 0) is 13.3 Å². The van der Waals surface area contributed by atoms with Gasteiger partial charge in [-0.3, -0.25) is 0 Å². The quantitative estimate of drug-likeness (QED) is 0.605. The number of aromatic nitrogens is 4. The van der Waals surface area contributed by atoms with Gasteiger partial charge in [-0.25, -0.2) is 19.6 Å². The van der Waals surface area contributed by atoms with Crippen LogP contribution < -0.4 is 10.6 Å². The van der Waals surface area contributed by atoms with E-state index in [4.69, 9.17) is 4.42 Å². The molecule has 2 aromatic heterocycles. The Bertz CT molecular complexity index is 813. The van der Waals surface area contributed by atoms with Gasteiger partial charge in [-0.2, -0.15) is 5.10 Å². The van der Waals surface area contributed by atoms with Gasteiger partial charge in [-0.15, -0.1) is 0 Å². The maximum Gasteiger partial charge on any atom is 0.216 e. The minimum absolute atomic E-state index is 0.0514. The average Bonchev–Trinajstić information content (AvgIpc) is 3.26. The van der Waals surface area contributed by atoms with E-state index in [1.165, 1.54) is 0 Å². The number of nitrogens with zero attached hydrogens (tertiary/aromatic N) is 5. The lowest BCUT2D eigenvalue weighted by molar-refractivity contribution is 0.381. The van der Waals surface area contributed by atoms with E-state index in [1.807, 2.05) is 4.68 Å². The lowest BCUT2D eigenvalue weighted by atomic mass is 9.94. The van der Waals surface area contributed by atoms with Gasteiger partial charge in [0.15, 0.2) is 11.8 Å². The molecule has 1 aliphatic heterocycles. The molecule has 8 nitrogen and oxygen atoms in total. The van der Waals surface area contributed by atoms with Crippen LogP contribution in [0.2, 0.25) is 0 Å². The Morgan fingerprint density at radius 2 is 2.18 bits per heavy atom. The van der Waals surface area contributed by atoms with Crippen LogP contribution in [0, 0.1) is 0 Å². The third-order valence-electron chi connectivity index (χ3n) is 4.74. The third-order valence-corrected chi connectivity index (χ3v) is 4.74. The summed E-state index contributed by atoms with van der Waals surface area (Å²) in [5.74, 6) is 4.64. The fourth-order valence-electron chi connectivity index (χ4n) is 3.08. The molecule has 2 aromatic rings. The summed E-state index contributed by atoms with van der Waals surface area (Å²) in [6, 6.07) is 0.265. The zero-order chi connectivity index (χ0) is 20.3. The molecule has 8 heteroatoms. The molecular formula is C20H33N7O. The van der Waals surface area contributed by atoms with Crippen LogP contribution in [0.15, 0.2) is 15.6 Å². The number of nitrogens with one attached hydrogen (secondary N) is 2. The molecule has 0 amide bonds. The number of aliphatic imine (C=N–C) groups is 1. The van der Waals surface area contributed by atoms with Gasteiger partial charge in [0, 0.05) is 30.3 Å². The minimum atomic E-state index is -0.0514. The van der Waals surface area contributed by atoms with Gasteiger partial charge < -0.3 is 15.1 Å². The molecule has 0 spiro atoms. The molecule has 0 saturated carbocycles. The molecule has 3 heterocycles. The molecule has 1 unspecified atom stereocenters. The zero-order valence-electron chi connectivity index (χ0n) is 17.9. The van der Waals surface area contributed by atoms with Gasteiger partial charge in [0.2, 0.25) is 5.89 Å². The molecule has 154 valence electrons. The van der Waals surface area contributed by atoms with Crippen LogP contribution in [-0.4, -0.2) is 38.3 Å². The second-order valence-corrected chi connectivity index (χ2v) is 8.67. The number of oxazole rings is 1. The summed E-state index contributed by atoms with van der Waals surface area (Å²) in [5.41, 5.74) is -0.0514. The van der Waals surface area contributed by atoms with Crippen LogP contribution >= 0.6 is 0 Å². The molecule has 0 saturated heterocycles. The van der Waals surface area contributed by atoms with E-state index in [1.54, 1.807) is 6.20 Å². The van der Waals surface area contributed by atoms with Crippen molar-refractivity contribution in [2.24, 2.45) is 4.99 Å². The Morgan fingerprint density at radius 1 is 1.39 bits per heavy atom. The van der Waals surface area contributed by atoms with Crippen LogP contribution in [0.3, 0.4) is 0 Å². The number of aryl methyl sites for hydroxylation is 1. The SMILES string of the molecule is CCNC(=NCc1ncc(C(C)(C)C)o1)NC1CCc2nc(C(C)C)nn2C1. The summed E-state index contributed by atoms with van der Waals surface area (Å²) in [5, 5.41) is 11.5. The number of hydrogen-bond donors (Lipinski definition) is 2. The first kappa shape index (κ1) is 20.4. The van der Waals surface area contributed by atoms with E-state index in [2.05, 4.69) is 72.2 Å². The topological polar surface area (TPSA) is 93.2 Å². The van der Waals surface area contributed by atoms with Crippen LogP contribution in [-0.2, 0) is 24.9 Å².